The fourth-order valence-corrected chi connectivity index (χ4v) is 2.32. The molecule has 3 nitrogen and oxygen atoms in total. The van der Waals surface area contributed by atoms with Gasteiger partial charge in [-0.1, -0.05) is 12.5 Å². The Morgan fingerprint density at radius 2 is 2.33 bits per heavy atom. The molecular formula is C14H18N2OS. The summed E-state index contributed by atoms with van der Waals surface area (Å²) in [4.78, 5) is 16.0. The first-order chi connectivity index (χ1) is 8.69. The second kappa shape index (κ2) is 6.05. The number of rotatable bonds is 5. The summed E-state index contributed by atoms with van der Waals surface area (Å²) in [6, 6.07) is 3.82. The van der Waals surface area contributed by atoms with Crippen LogP contribution in [0.25, 0.3) is 0 Å². The van der Waals surface area contributed by atoms with E-state index in [4.69, 9.17) is 0 Å². The van der Waals surface area contributed by atoms with Gasteiger partial charge in [-0.2, -0.15) is 0 Å². The van der Waals surface area contributed by atoms with Gasteiger partial charge in [0.15, 0.2) is 0 Å². The first-order valence-corrected chi connectivity index (χ1v) is 7.25. The van der Waals surface area contributed by atoms with Crippen LogP contribution in [0.1, 0.15) is 26.7 Å². The van der Waals surface area contributed by atoms with Gasteiger partial charge in [0, 0.05) is 6.08 Å². The van der Waals surface area contributed by atoms with Crippen molar-refractivity contribution in [2.24, 2.45) is 5.92 Å². The SMILES string of the molecule is CCSc1ccc(NC(=O)C=C(C)C2CC2)cn1. The second-order valence-corrected chi connectivity index (χ2v) is 5.75. The molecule has 1 aliphatic carbocycles. The Morgan fingerprint density at radius 1 is 1.56 bits per heavy atom. The molecule has 1 saturated carbocycles. The molecule has 1 aliphatic rings. The lowest BCUT2D eigenvalue weighted by Gasteiger charge is -2.04. The Morgan fingerprint density at radius 3 is 2.89 bits per heavy atom. The van der Waals surface area contributed by atoms with Gasteiger partial charge in [-0.25, -0.2) is 4.98 Å². The van der Waals surface area contributed by atoms with Gasteiger partial charge in [0.05, 0.1) is 16.9 Å². The molecule has 1 N–H and O–H groups in total. The van der Waals surface area contributed by atoms with Crippen molar-refractivity contribution >= 4 is 23.4 Å². The third-order valence-corrected chi connectivity index (χ3v) is 3.70. The number of hydrogen-bond acceptors (Lipinski definition) is 3. The highest BCUT2D eigenvalue weighted by atomic mass is 32.2. The Bertz CT molecular complexity index is 449. The van der Waals surface area contributed by atoms with E-state index in [9.17, 15) is 4.79 Å². The maximum atomic E-state index is 11.7. The molecule has 1 aromatic heterocycles. The maximum Gasteiger partial charge on any atom is 0.248 e. The predicted octanol–water partition coefficient (Wildman–Crippen LogP) is 3.49. The smallest absolute Gasteiger partial charge is 0.248 e. The fraction of sp³-hybridized carbons (Fsp3) is 0.429. The summed E-state index contributed by atoms with van der Waals surface area (Å²) in [5, 5.41) is 3.82. The number of carbonyl (C=O) groups excluding carboxylic acids is 1. The number of anilines is 1. The van der Waals surface area contributed by atoms with Crippen LogP contribution < -0.4 is 5.32 Å². The Hall–Kier alpha value is -1.29. The van der Waals surface area contributed by atoms with Gasteiger partial charge >= 0.3 is 0 Å². The van der Waals surface area contributed by atoms with Crippen molar-refractivity contribution in [2.75, 3.05) is 11.1 Å². The van der Waals surface area contributed by atoms with Crippen LogP contribution in [-0.2, 0) is 4.79 Å². The van der Waals surface area contributed by atoms with Crippen LogP contribution in [0.5, 0.6) is 0 Å². The van der Waals surface area contributed by atoms with Crippen molar-refractivity contribution in [2.45, 2.75) is 31.7 Å². The highest BCUT2D eigenvalue weighted by Crippen LogP contribution is 2.35. The van der Waals surface area contributed by atoms with Crippen LogP contribution in [0.15, 0.2) is 35.0 Å². The number of aromatic nitrogens is 1. The standard InChI is InChI=1S/C14H18N2OS/c1-3-18-14-7-6-12(9-15-14)16-13(17)8-10(2)11-4-5-11/h6-9,11H,3-5H2,1-2H3,(H,16,17). The monoisotopic (exact) mass is 262 g/mol. The molecule has 0 unspecified atom stereocenters. The molecule has 1 amide bonds. The predicted molar refractivity (Wildman–Crippen MR) is 75.7 cm³/mol. The molecule has 18 heavy (non-hydrogen) atoms. The summed E-state index contributed by atoms with van der Waals surface area (Å²) < 4.78 is 0. The molecule has 1 heterocycles. The molecule has 96 valence electrons. The summed E-state index contributed by atoms with van der Waals surface area (Å²) in [5.74, 6) is 1.58. The number of carbonyl (C=O) groups is 1. The molecule has 0 spiro atoms. The lowest BCUT2D eigenvalue weighted by Crippen LogP contribution is -2.09. The first kappa shape index (κ1) is 13.1. The minimum atomic E-state index is -0.0582. The van der Waals surface area contributed by atoms with E-state index in [1.165, 1.54) is 18.4 Å². The number of nitrogens with zero attached hydrogens (tertiary/aromatic N) is 1. The van der Waals surface area contributed by atoms with Crippen molar-refractivity contribution in [1.29, 1.82) is 0 Å². The number of pyridine rings is 1. The largest absolute Gasteiger partial charge is 0.321 e. The van der Waals surface area contributed by atoms with E-state index >= 15 is 0 Å². The van der Waals surface area contributed by atoms with E-state index in [1.807, 2.05) is 19.1 Å². The first-order valence-electron chi connectivity index (χ1n) is 6.27. The summed E-state index contributed by atoms with van der Waals surface area (Å²) in [6.45, 7) is 4.12. The van der Waals surface area contributed by atoms with Crippen LogP contribution in [0.4, 0.5) is 5.69 Å². The van der Waals surface area contributed by atoms with Gasteiger partial charge < -0.3 is 5.32 Å². The van der Waals surface area contributed by atoms with E-state index in [2.05, 4.69) is 17.2 Å². The second-order valence-electron chi connectivity index (χ2n) is 4.47. The zero-order valence-corrected chi connectivity index (χ0v) is 11.6. The molecule has 1 fully saturated rings. The lowest BCUT2D eigenvalue weighted by molar-refractivity contribution is -0.112. The Balaban J connectivity index is 1.92. The molecule has 0 saturated heterocycles. The van der Waals surface area contributed by atoms with Crippen molar-refractivity contribution in [3.05, 3.63) is 30.0 Å². The molecule has 0 atom stereocenters. The van der Waals surface area contributed by atoms with Crippen LogP contribution in [0.3, 0.4) is 0 Å². The quantitative estimate of drug-likeness (QED) is 0.652. The summed E-state index contributed by atoms with van der Waals surface area (Å²) in [5.41, 5.74) is 1.93. The molecule has 0 aliphatic heterocycles. The topological polar surface area (TPSA) is 42.0 Å². The number of amides is 1. The molecule has 4 heteroatoms. The van der Waals surface area contributed by atoms with Gasteiger partial charge in [-0.05, 0) is 43.6 Å². The van der Waals surface area contributed by atoms with Gasteiger partial charge in [0.2, 0.25) is 5.91 Å². The molecule has 1 aromatic rings. The number of nitrogens with one attached hydrogen (secondary N) is 1. The van der Waals surface area contributed by atoms with Crippen molar-refractivity contribution in [3.8, 4) is 0 Å². The Labute approximate surface area is 112 Å². The zero-order chi connectivity index (χ0) is 13.0. The van der Waals surface area contributed by atoms with E-state index in [-0.39, 0.29) is 5.91 Å². The molecule has 0 aromatic carbocycles. The molecule has 2 rings (SSSR count). The minimum Gasteiger partial charge on any atom is -0.321 e. The Kier molecular flexibility index (Phi) is 4.42. The average Bonchev–Trinajstić information content (AvgIpc) is 3.16. The highest BCUT2D eigenvalue weighted by Gasteiger charge is 2.23. The maximum absolute atomic E-state index is 11.7. The lowest BCUT2D eigenvalue weighted by atomic mass is 10.2. The van der Waals surface area contributed by atoms with Gasteiger partial charge in [-0.3, -0.25) is 4.79 Å². The van der Waals surface area contributed by atoms with E-state index in [1.54, 1.807) is 24.0 Å². The number of allylic oxidation sites excluding steroid dienone is 1. The fourth-order valence-electron chi connectivity index (χ4n) is 1.73. The van der Waals surface area contributed by atoms with Gasteiger partial charge in [-0.15, -0.1) is 11.8 Å². The van der Waals surface area contributed by atoms with E-state index in [0.717, 1.165) is 16.5 Å². The molecule has 0 radical (unpaired) electrons. The molecule has 0 bridgehead atoms. The van der Waals surface area contributed by atoms with Crippen molar-refractivity contribution in [1.82, 2.24) is 4.98 Å². The summed E-state index contributed by atoms with van der Waals surface area (Å²) >= 11 is 1.69. The van der Waals surface area contributed by atoms with Crippen LogP contribution in [0.2, 0.25) is 0 Å². The minimum absolute atomic E-state index is 0.0582. The van der Waals surface area contributed by atoms with Crippen molar-refractivity contribution in [3.63, 3.8) is 0 Å². The average molecular weight is 262 g/mol. The normalized spacial score (nSPS) is 15.6. The van der Waals surface area contributed by atoms with Crippen molar-refractivity contribution < 1.29 is 4.79 Å². The highest BCUT2D eigenvalue weighted by molar-refractivity contribution is 7.99. The van der Waals surface area contributed by atoms with Crippen LogP contribution >= 0.6 is 11.8 Å². The van der Waals surface area contributed by atoms with E-state index < -0.39 is 0 Å². The zero-order valence-electron chi connectivity index (χ0n) is 10.8. The summed E-state index contributed by atoms with van der Waals surface area (Å²) in [7, 11) is 0. The van der Waals surface area contributed by atoms with E-state index in [0.29, 0.717) is 5.92 Å². The van der Waals surface area contributed by atoms with Crippen LogP contribution in [-0.4, -0.2) is 16.6 Å². The van der Waals surface area contributed by atoms with Gasteiger partial charge in [0.1, 0.15) is 0 Å². The molecular weight excluding hydrogens is 244 g/mol. The number of thioether (sulfide) groups is 1. The number of hydrogen-bond donors (Lipinski definition) is 1. The van der Waals surface area contributed by atoms with Crippen LogP contribution in [0, 0.1) is 5.92 Å². The van der Waals surface area contributed by atoms with Gasteiger partial charge in [0.25, 0.3) is 0 Å². The summed E-state index contributed by atoms with van der Waals surface area (Å²) in [6.07, 6.45) is 5.85. The third kappa shape index (κ3) is 3.88. The third-order valence-electron chi connectivity index (χ3n) is 2.88.